The molecule has 5 N–H and O–H groups in total. The molecule has 0 saturated heterocycles. The van der Waals surface area contributed by atoms with Gasteiger partial charge in [-0.3, -0.25) is 9.59 Å². The number of nitrogens with one attached hydrogen (secondary N) is 4. The van der Waals surface area contributed by atoms with Crippen LogP contribution < -0.4 is 26.1 Å². The van der Waals surface area contributed by atoms with Crippen LogP contribution in [0, 0.1) is 0 Å². The number of aromatic hydroxyl groups is 1. The number of carbonyl (C=O) groups excluding carboxylic acids is 1. The molecule has 0 unspecified atom stereocenters. The normalized spacial score (nSPS) is 11.6. The van der Waals surface area contributed by atoms with Crippen molar-refractivity contribution in [2.45, 2.75) is 46.1 Å². The quantitative estimate of drug-likeness (QED) is 0.134. The van der Waals surface area contributed by atoms with Gasteiger partial charge in [0.05, 0.1) is 24.6 Å². The van der Waals surface area contributed by atoms with Crippen LogP contribution in [-0.2, 0) is 5.54 Å². The number of methoxy groups -OCH3 is 1. The Morgan fingerprint density at radius 3 is 2.52 bits per heavy atom. The highest BCUT2D eigenvalue weighted by Crippen LogP contribution is 2.29. The van der Waals surface area contributed by atoms with E-state index in [0.29, 0.717) is 53.7 Å². The van der Waals surface area contributed by atoms with Gasteiger partial charge in [-0.2, -0.15) is 9.97 Å². The fourth-order valence-corrected chi connectivity index (χ4v) is 4.82. The van der Waals surface area contributed by atoms with Gasteiger partial charge in [-0.05, 0) is 76.1 Å². The van der Waals surface area contributed by atoms with Gasteiger partial charge in [-0.25, -0.2) is 4.98 Å². The van der Waals surface area contributed by atoms with Crippen molar-refractivity contribution >= 4 is 39.7 Å². The number of hydrogen-bond acceptors (Lipinski definition) is 9. The molecule has 3 aromatic heterocycles. The average Bonchev–Trinajstić information content (AvgIpc) is 3.46. The molecule has 0 bridgehead atoms. The van der Waals surface area contributed by atoms with E-state index >= 15 is 0 Å². The van der Waals surface area contributed by atoms with E-state index < -0.39 is 5.43 Å². The maximum atomic E-state index is 13.0. The summed E-state index contributed by atoms with van der Waals surface area (Å²) in [7, 11) is 1.56. The molecule has 3 heterocycles. The van der Waals surface area contributed by atoms with E-state index in [1.165, 1.54) is 0 Å². The Kier molecular flexibility index (Phi) is 8.70. The molecule has 0 saturated carbocycles. The maximum Gasteiger partial charge on any atom is 0.251 e. The van der Waals surface area contributed by atoms with E-state index in [1.54, 1.807) is 55.9 Å². The highest BCUT2D eigenvalue weighted by molar-refractivity contribution is 5.98. The fraction of sp³-hybridized carbons (Fsp3) is 0.344. The highest BCUT2D eigenvalue weighted by Gasteiger charge is 2.20. The Morgan fingerprint density at radius 2 is 1.82 bits per heavy atom. The maximum absolute atomic E-state index is 13.0. The van der Waals surface area contributed by atoms with Crippen molar-refractivity contribution in [3.8, 4) is 22.8 Å². The number of hydrogen-bond donors (Lipinski definition) is 5. The van der Waals surface area contributed by atoms with Gasteiger partial charge in [-0.1, -0.05) is 6.92 Å². The molecular formula is C32H38N8O4. The second kappa shape index (κ2) is 12.6. The molecule has 1 amide bonds. The van der Waals surface area contributed by atoms with Crippen molar-refractivity contribution in [1.29, 1.82) is 0 Å². The molecular weight excluding hydrogens is 560 g/mol. The molecule has 0 aliphatic rings. The zero-order valence-corrected chi connectivity index (χ0v) is 25.6. The predicted molar refractivity (Wildman–Crippen MR) is 173 cm³/mol. The summed E-state index contributed by atoms with van der Waals surface area (Å²) in [6.07, 6.45) is 3.37. The van der Waals surface area contributed by atoms with Crippen LogP contribution in [0.1, 0.15) is 50.9 Å². The highest BCUT2D eigenvalue weighted by atomic mass is 16.5. The molecule has 12 nitrogen and oxygen atoms in total. The molecule has 0 aliphatic carbocycles. The van der Waals surface area contributed by atoms with Crippen molar-refractivity contribution in [3.63, 3.8) is 0 Å². The molecule has 0 atom stereocenters. The Labute approximate surface area is 254 Å². The van der Waals surface area contributed by atoms with Crippen LogP contribution in [0.4, 0.5) is 11.8 Å². The minimum atomic E-state index is -0.512. The summed E-state index contributed by atoms with van der Waals surface area (Å²) in [4.78, 5) is 42.9. The third-order valence-corrected chi connectivity index (χ3v) is 7.20. The van der Waals surface area contributed by atoms with Crippen LogP contribution in [0.25, 0.3) is 33.3 Å². The van der Waals surface area contributed by atoms with Crippen LogP contribution >= 0.6 is 0 Å². The minimum Gasteiger partial charge on any atom is -0.503 e. The number of imidazole rings is 1. The monoisotopic (exact) mass is 598 g/mol. The molecule has 2 aromatic carbocycles. The van der Waals surface area contributed by atoms with Crippen LogP contribution in [-0.4, -0.2) is 62.3 Å². The van der Waals surface area contributed by atoms with Gasteiger partial charge in [0.15, 0.2) is 22.7 Å². The first kappa shape index (κ1) is 30.3. The van der Waals surface area contributed by atoms with Crippen molar-refractivity contribution in [1.82, 2.24) is 29.8 Å². The zero-order chi connectivity index (χ0) is 31.4. The smallest absolute Gasteiger partial charge is 0.251 e. The number of pyridine rings is 1. The predicted octanol–water partition coefficient (Wildman–Crippen LogP) is 4.86. The van der Waals surface area contributed by atoms with Crippen molar-refractivity contribution in [2.75, 3.05) is 37.4 Å². The van der Waals surface area contributed by atoms with Gasteiger partial charge in [0.2, 0.25) is 11.4 Å². The summed E-state index contributed by atoms with van der Waals surface area (Å²) in [6.45, 7) is 10.1. The number of fused-ring (bicyclic) bond motifs is 2. The van der Waals surface area contributed by atoms with E-state index in [-0.39, 0.29) is 28.3 Å². The minimum absolute atomic E-state index is 0.194. The number of rotatable bonds is 11. The van der Waals surface area contributed by atoms with Crippen molar-refractivity contribution in [3.05, 3.63) is 64.6 Å². The number of benzene rings is 2. The van der Waals surface area contributed by atoms with E-state index in [0.717, 1.165) is 24.1 Å². The second-order valence-electron chi connectivity index (χ2n) is 11.5. The van der Waals surface area contributed by atoms with Gasteiger partial charge < -0.3 is 35.3 Å². The largest absolute Gasteiger partial charge is 0.503 e. The van der Waals surface area contributed by atoms with E-state index in [9.17, 15) is 14.7 Å². The van der Waals surface area contributed by atoms with Gasteiger partial charge in [-0.15, -0.1) is 0 Å². The van der Waals surface area contributed by atoms with Crippen LogP contribution in [0.5, 0.6) is 11.5 Å². The van der Waals surface area contributed by atoms with Crippen LogP contribution in [0.3, 0.4) is 0 Å². The summed E-state index contributed by atoms with van der Waals surface area (Å²) in [5, 5.41) is 20.4. The number of ether oxygens (including phenoxy) is 1. The molecule has 44 heavy (non-hydrogen) atoms. The summed E-state index contributed by atoms with van der Waals surface area (Å²) >= 11 is 0. The lowest BCUT2D eigenvalue weighted by Gasteiger charge is -2.21. The van der Waals surface area contributed by atoms with Gasteiger partial charge in [0.1, 0.15) is 5.75 Å². The topological polar surface area (TPSA) is 159 Å². The third-order valence-electron chi connectivity index (χ3n) is 7.20. The number of anilines is 2. The summed E-state index contributed by atoms with van der Waals surface area (Å²) < 4.78 is 7.22. The average molecular weight is 599 g/mol. The third kappa shape index (κ3) is 6.29. The van der Waals surface area contributed by atoms with E-state index in [2.05, 4.69) is 58.6 Å². The van der Waals surface area contributed by atoms with Crippen LogP contribution in [0.2, 0.25) is 0 Å². The van der Waals surface area contributed by atoms with E-state index in [4.69, 9.17) is 9.72 Å². The molecule has 5 aromatic rings. The Balaban J connectivity index is 1.25. The summed E-state index contributed by atoms with van der Waals surface area (Å²) in [5.74, 6) is 1.17. The van der Waals surface area contributed by atoms with Gasteiger partial charge in [0.25, 0.3) is 5.91 Å². The number of aromatic amines is 1. The summed E-state index contributed by atoms with van der Waals surface area (Å²) in [6, 6.07) is 11.7. The zero-order valence-electron chi connectivity index (χ0n) is 25.6. The molecule has 5 rings (SSSR count). The number of aromatic nitrogens is 5. The number of amides is 1. The lowest BCUT2D eigenvalue weighted by Crippen LogP contribution is -2.26. The Hall–Kier alpha value is -5.13. The second-order valence-corrected chi connectivity index (χ2v) is 11.5. The Bertz CT molecular complexity index is 1860. The standard InChI is InChI=1S/C32H38N8O4/c1-6-14-33-28-25-29(40(18-36-25)32(2,3)4)39-31(38-28)35-16-7-15-34-30(43)20-10-13-22-23(17-20)37-24(27(42)26(22)41)19-8-11-21(44-5)12-9-19/h8-13,17-18,42H,6-7,14-16H2,1-5H3,(H,34,43)(H,37,41)(H2,33,35,38,39). The molecule has 230 valence electrons. The lowest BCUT2D eigenvalue weighted by molar-refractivity contribution is 0.0953. The van der Waals surface area contributed by atoms with Gasteiger partial charge in [0, 0.05) is 41.7 Å². The van der Waals surface area contributed by atoms with Crippen LogP contribution in [0.15, 0.2) is 53.6 Å². The number of H-pyrrole nitrogens is 1. The first-order chi connectivity index (χ1) is 21.1. The van der Waals surface area contributed by atoms with Crippen molar-refractivity contribution in [2.24, 2.45) is 0 Å². The number of carbonyl (C=O) groups is 1. The van der Waals surface area contributed by atoms with Gasteiger partial charge >= 0.3 is 0 Å². The van der Waals surface area contributed by atoms with E-state index in [1.807, 2.05) is 4.57 Å². The molecule has 12 heteroatoms. The lowest BCUT2D eigenvalue weighted by atomic mass is 10.1. The first-order valence-corrected chi connectivity index (χ1v) is 14.7. The number of nitrogens with zero attached hydrogens (tertiary/aromatic N) is 4. The summed E-state index contributed by atoms with van der Waals surface area (Å²) in [5.41, 5.74) is 2.50. The molecule has 0 spiro atoms. The molecule has 0 fully saturated rings. The first-order valence-electron chi connectivity index (χ1n) is 14.7. The Morgan fingerprint density at radius 1 is 1.05 bits per heavy atom. The fourth-order valence-electron chi connectivity index (χ4n) is 4.82. The molecule has 0 aliphatic heterocycles. The van der Waals surface area contributed by atoms with Crippen molar-refractivity contribution < 1.29 is 14.6 Å². The SMILES string of the molecule is CCCNc1nc(NCCCNC(=O)c2ccc3c(=O)c(O)c(-c4ccc(OC)cc4)[nH]c3c2)nc2c1ncn2C(C)(C)C. The molecule has 0 radical (unpaired) electrons.